The Bertz CT molecular complexity index is 466. The van der Waals surface area contributed by atoms with Crippen LogP contribution in [-0.2, 0) is 0 Å². The van der Waals surface area contributed by atoms with Crippen LogP contribution in [0.3, 0.4) is 0 Å². The number of hydrogen-bond donors (Lipinski definition) is 2. The maximum absolute atomic E-state index is 8.69. The van der Waals surface area contributed by atoms with Gasteiger partial charge in [0.1, 0.15) is 12.1 Å². The van der Waals surface area contributed by atoms with Crippen molar-refractivity contribution < 1.29 is 5.11 Å². The molecule has 0 spiro atoms. The first-order chi connectivity index (χ1) is 7.81. The average Bonchev–Trinajstić information content (AvgIpc) is 2.72. The van der Waals surface area contributed by atoms with Crippen LogP contribution in [0.4, 0.5) is 5.82 Å². The summed E-state index contributed by atoms with van der Waals surface area (Å²) in [5.41, 5.74) is 2.01. The first kappa shape index (κ1) is 10.9. The number of rotatable bonds is 5. The van der Waals surface area contributed by atoms with E-state index >= 15 is 0 Å². The van der Waals surface area contributed by atoms with Crippen molar-refractivity contribution in [2.45, 2.75) is 19.8 Å². The summed E-state index contributed by atoms with van der Waals surface area (Å²) in [5.74, 6) is 0.949. The monoisotopic (exact) mass is 220 g/mol. The minimum atomic E-state index is 0.244. The van der Waals surface area contributed by atoms with Gasteiger partial charge < -0.3 is 10.4 Å². The molecule has 0 amide bonds. The molecule has 0 saturated carbocycles. The first-order valence-corrected chi connectivity index (χ1v) is 5.46. The third kappa shape index (κ3) is 2.30. The van der Waals surface area contributed by atoms with Gasteiger partial charge in [0.05, 0.1) is 0 Å². The summed E-state index contributed by atoms with van der Waals surface area (Å²) in [6.45, 7) is 3.11. The van der Waals surface area contributed by atoms with E-state index in [9.17, 15) is 0 Å². The van der Waals surface area contributed by atoms with Crippen molar-refractivity contribution in [3.63, 3.8) is 0 Å². The Balaban J connectivity index is 2.12. The number of hydrogen-bond acceptors (Lipinski definition) is 4. The molecule has 0 fully saturated rings. The summed E-state index contributed by atoms with van der Waals surface area (Å²) in [7, 11) is 0. The van der Waals surface area contributed by atoms with E-state index in [1.54, 1.807) is 10.8 Å². The lowest BCUT2D eigenvalue weighted by molar-refractivity contribution is 0.286. The normalized spacial score (nSPS) is 10.9. The predicted octanol–water partition coefficient (Wildman–Crippen LogP) is 1.22. The van der Waals surface area contributed by atoms with Crippen molar-refractivity contribution >= 4 is 11.5 Å². The van der Waals surface area contributed by atoms with Crippen LogP contribution in [0.5, 0.6) is 0 Å². The van der Waals surface area contributed by atoms with Gasteiger partial charge in [0.15, 0.2) is 5.65 Å². The Hall–Kier alpha value is -1.62. The second-order valence-corrected chi connectivity index (χ2v) is 3.81. The van der Waals surface area contributed by atoms with Crippen LogP contribution in [-0.4, -0.2) is 32.9 Å². The van der Waals surface area contributed by atoms with Crippen molar-refractivity contribution in [1.82, 2.24) is 14.6 Å². The molecule has 0 aromatic carbocycles. The molecule has 0 atom stereocenters. The number of pyridine rings is 1. The van der Waals surface area contributed by atoms with Crippen molar-refractivity contribution in [1.29, 1.82) is 0 Å². The van der Waals surface area contributed by atoms with Crippen LogP contribution in [0.2, 0.25) is 0 Å². The Kier molecular flexibility index (Phi) is 3.36. The zero-order valence-corrected chi connectivity index (χ0v) is 9.35. The fourth-order valence-electron chi connectivity index (χ4n) is 1.64. The largest absolute Gasteiger partial charge is 0.396 e. The number of anilines is 1. The minimum Gasteiger partial charge on any atom is -0.396 e. The molecule has 0 aliphatic heterocycles. The van der Waals surface area contributed by atoms with Crippen molar-refractivity contribution in [2.24, 2.45) is 0 Å². The number of nitrogens with zero attached hydrogens (tertiary/aromatic N) is 3. The molecule has 16 heavy (non-hydrogen) atoms. The lowest BCUT2D eigenvalue weighted by Crippen LogP contribution is -2.07. The molecule has 0 radical (unpaired) electrons. The fourth-order valence-corrected chi connectivity index (χ4v) is 1.64. The lowest BCUT2D eigenvalue weighted by Gasteiger charge is -2.08. The molecule has 2 aromatic heterocycles. The Morgan fingerprint density at radius 1 is 1.38 bits per heavy atom. The average molecular weight is 220 g/mol. The predicted molar refractivity (Wildman–Crippen MR) is 62.5 cm³/mol. The van der Waals surface area contributed by atoms with Crippen molar-refractivity contribution in [3.8, 4) is 0 Å². The first-order valence-electron chi connectivity index (χ1n) is 5.46. The van der Waals surface area contributed by atoms with E-state index in [4.69, 9.17) is 5.11 Å². The third-order valence-electron chi connectivity index (χ3n) is 2.41. The smallest absolute Gasteiger partial charge is 0.157 e. The van der Waals surface area contributed by atoms with E-state index < -0.39 is 0 Å². The highest BCUT2D eigenvalue weighted by molar-refractivity contribution is 5.51. The fraction of sp³-hybridized carbons (Fsp3) is 0.455. The van der Waals surface area contributed by atoms with Gasteiger partial charge in [0.2, 0.25) is 0 Å². The van der Waals surface area contributed by atoms with Gasteiger partial charge in [0, 0.05) is 13.2 Å². The zero-order valence-electron chi connectivity index (χ0n) is 9.35. The van der Waals surface area contributed by atoms with E-state index in [2.05, 4.69) is 15.4 Å². The molecular weight excluding hydrogens is 204 g/mol. The molecule has 2 rings (SSSR count). The Morgan fingerprint density at radius 3 is 3.06 bits per heavy atom. The van der Waals surface area contributed by atoms with Gasteiger partial charge in [0.25, 0.3) is 0 Å². The van der Waals surface area contributed by atoms with Crippen molar-refractivity contribution in [2.75, 3.05) is 18.5 Å². The van der Waals surface area contributed by atoms with E-state index in [1.807, 2.05) is 19.1 Å². The maximum atomic E-state index is 8.69. The molecule has 0 aliphatic rings. The summed E-state index contributed by atoms with van der Waals surface area (Å²) < 4.78 is 1.78. The van der Waals surface area contributed by atoms with Gasteiger partial charge in [-0.15, -0.1) is 0 Å². The van der Waals surface area contributed by atoms with Crippen LogP contribution in [0, 0.1) is 6.92 Å². The summed E-state index contributed by atoms with van der Waals surface area (Å²) in [4.78, 5) is 4.16. The minimum absolute atomic E-state index is 0.244. The van der Waals surface area contributed by atoms with Crippen LogP contribution >= 0.6 is 0 Å². The summed E-state index contributed by atoms with van der Waals surface area (Å²) in [5, 5.41) is 16.1. The standard InChI is InChI=1S/C11H16N4O/c1-9-6-10(12-4-2-3-5-16)15-11(7-9)13-8-14-15/h6-8,12,16H,2-5H2,1H3. The van der Waals surface area contributed by atoms with Gasteiger partial charge in [-0.3, -0.25) is 0 Å². The van der Waals surface area contributed by atoms with Crippen LogP contribution in [0.15, 0.2) is 18.5 Å². The number of aryl methyl sites for hydroxylation is 1. The zero-order chi connectivity index (χ0) is 11.4. The summed E-state index contributed by atoms with van der Waals surface area (Å²) >= 11 is 0. The molecule has 0 bridgehead atoms. The molecule has 2 heterocycles. The molecule has 0 unspecified atom stereocenters. The quantitative estimate of drug-likeness (QED) is 0.744. The second-order valence-electron chi connectivity index (χ2n) is 3.81. The summed E-state index contributed by atoms with van der Waals surface area (Å²) in [6.07, 6.45) is 3.31. The highest BCUT2D eigenvalue weighted by Crippen LogP contribution is 2.13. The SMILES string of the molecule is Cc1cc(NCCCCO)n2ncnc2c1. The molecule has 5 nitrogen and oxygen atoms in total. The molecule has 2 aromatic rings. The topological polar surface area (TPSA) is 62.5 Å². The number of nitrogens with one attached hydrogen (secondary N) is 1. The second kappa shape index (κ2) is 4.94. The molecule has 86 valence electrons. The molecule has 0 saturated heterocycles. The van der Waals surface area contributed by atoms with Crippen LogP contribution < -0.4 is 5.32 Å². The number of aliphatic hydroxyl groups excluding tert-OH is 1. The molecule has 0 aliphatic carbocycles. The van der Waals surface area contributed by atoms with Gasteiger partial charge >= 0.3 is 0 Å². The van der Waals surface area contributed by atoms with Gasteiger partial charge in [-0.25, -0.2) is 4.98 Å². The van der Waals surface area contributed by atoms with E-state index in [0.29, 0.717) is 0 Å². The summed E-state index contributed by atoms with van der Waals surface area (Å²) in [6, 6.07) is 4.03. The molecule has 2 N–H and O–H groups in total. The number of fused-ring (bicyclic) bond motifs is 1. The van der Waals surface area contributed by atoms with Gasteiger partial charge in [-0.2, -0.15) is 9.61 Å². The third-order valence-corrected chi connectivity index (χ3v) is 2.41. The van der Waals surface area contributed by atoms with Crippen LogP contribution in [0.1, 0.15) is 18.4 Å². The molecular formula is C11H16N4O. The highest BCUT2D eigenvalue weighted by Gasteiger charge is 2.02. The number of aromatic nitrogens is 3. The number of unbranched alkanes of at least 4 members (excludes halogenated alkanes) is 1. The van der Waals surface area contributed by atoms with Gasteiger partial charge in [-0.05, 0) is 37.5 Å². The van der Waals surface area contributed by atoms with E-state index in [1.165, 1.54) is 0 Å². The Labute approximate surface area is 94.1 Å². The van der Waals surface area contributed by atoms with Gasteiger partial charge in [-0.1, -0.05) is 0 Å². The number of aliphatic hydroxyl groups is 1. The Morgan fingerprint density at radius 2 is 2.25 bits per heavy atom. The maximum Gasteiger partial charge on any atom is 0.157 e. The van der Waals surface area contributed by atoms with Crippen molar-refractivity contribution in [3.05, 3.63) is 24.0 Å². The highest BCUT2D eigenvalue weighted by atomic mass is 16.2. The van der Waals surface area contributed by atoms with E-state index in [-0.39, 0.29) is 6.61 Å². The van der Waals surface area contributed by atoms with E-state index in [0.717, 1.165) is 36.4 Å². The lowest BCUT2D eigenvalue weighted by atomic mass is 10.3. The van der Waals surface area contributed by atoms with Crippen LogP contribution in [0.25, 0.3) is 5.65 Å². The molecule has 5 heteroatoms.